The molecule has 3 N–H and O–H groups in total. The van der Waals surface area contributed by atoms with E-state index in [1.54, 1.807) is 31.4 Å². The topological polar surface area (TPSA) is 64.3 Å². The third kappa shape index (κ3) is 3.01. The second-order valence-electron chi connectivity index (χ2n) is 3.92. The number of carbonyl (C=O) groups excluding carboxylic acids is 1. The first-order valence-electron chi connectivity index (χ1n) is 5.60. The molecule has 0 saturated heterocycles. The summed E-state index contributed by atoms with van der Waals surface area (Å²) in [5.41, 5.74) is 6.51. The summed E-state index contributed by atoms with van der Waals surface area (Å²) in [7, 11) is 1.54. The van der Waals surface area contributed by atoms with Crippen LogP contribution in [0.3, 0.4) is 0 Å². The van der Waals surface area contributed by atoms with E-state index in [2.05, 4.69) is 5.32 Å². The summed E-state index contributed by atoms with van der Waals surface area (Å²) in [5.74, 6) is -0.244. The Kier molecular flexibility index (Phi) is 3.66. The number of carbonyl (C=O) groups is 1. The van der Waals surface area contributed by atoms with Crippen molar-refractivity contribution >= 4 is 17.3 Å². The Bertz CT molecular complexity index is 614. The molecule has 5 heteroatoms. The van der Waals surface area contributed by atoms with E-state index in [0.29, 0.717) is 11.4 Å². The third-order valence-electron chi connectivity index (χ3n) is 2.59. The smallest absolute Gasteiger partial charge is 0.257 e. The highest BCUT2D eigenvalue weighted by Crippen LogP contribution is 2.19. The molecule has 0 aliphatic heterocycles. The maximum Gasteiger partial charge on any atom is 0.257 e. The summed E-state index contributed by atoms with van der Waals surface area (Å²) in [6.45, 7) is 0. The fourth-order valence-electron chi connectivity index (χ4n) is 1.64. The van der Waals surface area contributed by atoms with Gasteiger partial charge in [0.15, 0.2) is 0 Å². The number of methoxy groups -OCH3 is 1. The molecule has 0 heterocycles. The van der Waals surface area contributed by atoms with E-state index in [4.69, 9.17) is 10.5 Å². The summed E-state index contributed by atoms with van der Waals surface area (Å²) < 4.78 is 18.0. The zero-order valence-electron chi connectivity index (χ0n) is 10.3. The van der Waals surface area contributed by atoms with Crippen LogP contribution in [0, 0.1) is 5.82 Å². The van der Waals surface area contributed by atoms with Crippen LogP contribution in [0.2, 0.25) is 0 Å². The number of nitrogens with two attached hydrogens (primary N) is 1. The molecule has 0 fully saturated rings. The number of hydrogen-bond acceptors (Lipinski definition) is 3. The minimum absolute atomic E-state index is 0.0976. The fourth-order valence-corrected chi connectivity index (χ4v) is 1.64. The second kappa shape index (κ2) is 5.39. The number of benzene rings is 2. The van der Waals surface area contributed by atoms with Crippen molar-refractivity contribution in [2.75, 3.05) is 18.2 Å². The van der Waals surface area contributed by atoms with Crippen LogP contribution in [0.5, 0.6) is 5.75 Å². The summed E-state index contributed by atoms with van der Waals surface area (Å²) in [4.78, 5) is 12.0. The quantitative estimate of drug-likeness (QED) is 0.834. The van der Waals surface area contributed by atoms with Gasteiger partial charge in [-0.25, -0.2) is 4.39 Å². The molecule has 0 radical (unpaired) electrons. The van der Waals surface area contributed by atoms with Gasteiger partial charge < -0.3 is 15.8 Å². The Morgan fingerprint density at radius 1 is 1.26 bits per heavy atom. The molecule has 98 valence electrons. The summed E-state index contributed by atoms with van der Waals surface area (Å²) >= 11 is 0. The van der Waals surface area contributed by atoms with Gasteiger partial charge >= 0.3 is 0 Å². The number of ether oxygens (including phenoxy) is 1. The molecule has 0 atom stereocenters. The molecule has 0 spiro atoms. The van der Waals surface area contributed by atoms with Gasteiger partial charge in [-0.05, 0) is 30.3 Å². The minimum Gasteiger partial charge on any atom is -0.497 e. The van der Waals surface area contributed by atoms with Crippen LogP contribution < -0.4 is 15.8 Å². The van der Waals surface area contributed by atoms with Crippen LogP contribution in [0.4, 0.5) is 15.8 Å². The van der Waals surface area contributed by atoms with Gasteiger partial charge in [-0.15, -0.1) is 0 Å². The van der Waals surface area contributed by atoms with Gasteiger partial charge in [-0.3, -0.25) is 4.79 Å². The highest BCUT2D eigenvalue weighted by Gasteiger charge is 2.10. The van der Waals surface area contributed by atoms with Crippen molar-refractivity contribution < 1.29 is 13.9 Å². The van der Waals surface area contributed by atoms with Gasteiger partial charge in [0.2, 0.25) is 0 Å². The molecule has 2 aromatic rings. The first kappa shape index (κ1) is 12.9. The van der Waals surface area contributed by atoms with Gasteiger partial charge in [0, 0.05) is 17.4 Å². The molecule has 0 bridgehead atoms. The van der Waals surface area contributed by atoms with E-state index in [-0.39, 0.29) is 11.3 Å². The van der Waals surface area contributed by atoms with Crippen LogP contribution in [0.15, 0.2) is 42.5 Å². The summed E-state index contributed by atoms with van der Waals surface area (Å²) in [6.07, 6.45) is 0. The predicted octanol–water partition coefficient (Wildman–Crippen LogP) is 2.67. The zero-order chi connectivity index (χ0) is 13.8. The third-order valence-corrected chi connectivity index (χ3v) is 2.59. The Morgan fingerprint density at radius 3 is 2.74 bits per heavy atom. The first-order chi connectivity index (χ1) is 9.10. The zero-order valence-corrected chi connectivity index (χ0v) is 10.3. The summed E-state index contributed by atoms with van der Waals surface area (Å²) in [5, 5.41) is 2.67. The molecular formula is C14H13FN2O2. The molecule has 19 heavy (non-hydrogen) atoms. The van der Waals surface area contributed by atoms with Gasteiger partial charge in [0.05, 0.1) is 12.7 Å². The van der Waals surface area contributed by atoms with Crippen LogP contribution in [-0.4, -0.2) is 13.0 Å². The minimum atomic E-state index is -0.476. The molecule has 2 rings (SSSR count). The van der Waals surface area contributed by atoms with Crippen molar-refractivity contribution in [3.8, 4) is 5.75 Å². The van der Waals surface area contributed by atoms with Crippen LogP contribution in [0.1, 0.15) is 10.4 Å². The average molecular weight is 260 g/mol. The fraction of sp³-hybridized carbons (Fsp3) is 0.0714. The van der Waals surface area contributed by atoms with Gasteiger partial charge in [-0.2, -0.15) is 0 Å². The Balaban J connectivity index is 2.20. The van der Waals surface area contributed by atoms with Crippen molar-refractivity contribution in [1.82, 2.24) is 0 Å². The van der Waals surface area contributed by atoms with Crippen molar-refractivity contribution in [3.63, 3.8) is 0 Å². The number of halogens is 1. The normalized spacial score (nSPS) is 10.0. The lowest BCUT2D eigenvalue weighted by Crippen LogP contribution is -2.14. The molecule has 0 aliphatic carbocycles. The number of nitrogens with one attached hydrogen (secondary N) is 1. The maximum absolute atomic E-state index is 12.9. The molecule has 0 aliphatic rings. The Labute approximate surface area is 110 Å². The van der Waals surface area contributed by atoms with Crippen molar-refractivity contribution in [1.29, 1.82) is 0 Å². The molecule has 0 unspecified atom stereocenters. The SMILES string of the molecule is COc1cccc(NC(=O)c2ccc(F)cc2N)c1. The molecule has 0 aromatic heterocycles. The molecule has 1 amide bonds. The van der Waals surface area contributed by atoms with Crippen molar-refractivity contribution in [2.24, 2.45) is 0 Å². The Morgan fingerprint density at radius 2 is 2.05 bits per heavy atom. The Hall–Kier alpha value is -2.56. The maximum atomic E-state index is 12.9. The van der Waals surface area contributed by atoms with E-state index >= 15 is 0 Å². The number of amides is 1. The van der Waals surface area contributed by atoms with Crippen molar-refractivity contribution in [3.05, 3.63) is 53.8 Å². The number of nitrogen functional groups attached to an aromatic ring is 1. The van der Waals surface area contributed by atoms with Crippen LogP contribution >= 0.6 is 0 Å². The highest BCUT2D eigenvalue weighted by molar-refractivity contribution is 6.07. The van der Waals surface area contributed by atoms with Gasteiger partial charge in [-0.1, -0.05) is 6.07 Å². The van der Waals surface area contributed by atoms with Gasteiger partial charge in [0.1, 0.15) is 11.6 Å². The summed E-state index contributed by atoms with van der Waals surface area (Å²) in [6, 6.07) is 10.6. The lowest BCUT2D eigenvalue weighted by atomic mass is 10.1. The monoisotopic (exact) mass is 260 g/mol. The van der Waals surface area contributed by atoms with E-state index in [1.165, 1.54) is 12.1 Å². The van der Waals surface area contributed by atoms with Gasteiger partial charge in [0.25, 0.3) is 5.91 Å². The average Bonchev–Trinajstić information content (AvgIpc) is 2.38. The van der Waals surface area contributed by atoms with Crippen molar-refractivity contribution in [2.45, 2.75) is 0 Å². The van der Waals surface area contributed by atoms with E-state index in [9.17, 15) is 9.18 Å². The standard InChI is InChI=1S/C14H13FN2O2/c1-19-11-4-2-3-10(8-11)17-14(18)12-6-5-9(15)7-13(12)16/h2-8H,16H2,1H3,(H,17,18). The lowest BCUT2D eigenvalue weighted by molar-refractivity contribution is 0.102. The molecule has 0 saturated carbocycles. The first-order valence-corrected chi connectivity index (χ1v) is 5.60. The molecular weight excluding hydrogens is 247 g/mol. The highest BCUT2D eigenvalue weighted by atomic mass is 19.1. The largest absolute Gasteiger partial charge is 0.497 e. The number of rotatable bonds is 3. The molecule has 4 nitrogen and oxygen atoms in total. The lowest BCUT2D eigenvalue weighted by Gasteiger charge is -2.08. The number of anilines is 2. The van der Waals surface area contributed by atoms with E-state index in [1.807, 2.05) is 0 Å². The van der Waals surface area contributed by atoms with E-state index < -0.39 is 11.7 Å². The molecule has 2 aromatic carbocycles. The van der Waals surface area contributed by atoms with Crippen LogP contribution in [0.25, 0.3) is 0 Å². The number of hydrogen-bond donors (Lipinski definition) is 2. The predicted molar refractivity (Wildman–Crippen MR) is 71.8 cm³/mol. The second-order valence-corrected chi connectivity index (χ2v) is 3.92. The van der Waals surface area contributed by atoms with Crippen LogP contribution in [-0.2, 0) is 0 Å². The van der Waals surface area contributed by atoms with E-state index in [0.717, 1.165) is 6.07 Å².